The molecule has 0 amide bonds. The van der Waals surface area contributed by atoms with Gasteiger partial charge >= 0.3 is 0 Å². The van der Waals surface area contributed by atoms with E-state index >= 15 is 0 Å². The first-order chi connectivity index (χ1) is 27.8. The molecule has 8 aromatic rings. The molecule has 0 radical (unpaired) electrons. The molecule has 0 saturated carbocycles. The molecule has 0 spiro atoms. The number of aromatic hydroxyl groups is 1. The van der Waals surface area contributed by atoms with Crippen LogP contribution < -0.4 is 0 Å². The van der Waals surface area contributed by atoms with E-state index in [0.717, 1.165) is 76.7 Å². The highest BCUT2D eigenvalue weighted by Gasteiger charge is 2.19. The van der Waals surface area contributed by atoms with Gasteiger partial charge in [0.2, 0.25) is 0 Å². The Morgan fingerprint density at radius 2 is 0.561 bits per heavy atom. The summed E-state index contributed by atoms with van der Waals surface area (Å²) in [6.45, 7) is 6.38. The van der Waals surface area contributed by atoms with Gasteiger partial charge in [-0.15, -0.1) is 34.0 Å². The summed E-state index contributed by atoms with van der Waals surface area (Å²) in [7, 11) is 0. The van der Waals surface area contributed by atoms with E-state index in [9.17, 15) is 5.11 Å². The molecule has 4 aromatic heterocycles. The van der Waals surface area contributed by atoms with Crippen LogP contribution in [0.4, 0.5) is 0 Å². The molecule has 10 rings (SSSR count). The van der Waals surface area contributed by atoms with E-state index in [1.807, 2.05) is 23.5 Å². The molecule has 57 heavy (non-hydrogen) atoms. The number of benzene rings is 4. The van der Waals surface area contributed by atoms with Crippen molar-refractivity contribution >= 4 is 86.5 Å². The molecule has 0 atom stereocenters. The number of phenols is 1. The fourth-order valence-corrected chi connectivity index (χ4v) is 11.0. The van der Waals surface area contributed by atoms with Crippen molar-refractivity contribution in [3.63, 3.8) is 0 Å². The number of aryl methyl sites for hydroxylation is 3. The molecule has 0 fully saturated rings. The third kappa shape index (κ3) is 6.66. The maximum absolute atomic E-state index is 10.3. The highest BCUT2D eigenvalue weighted by Crippen LogP contribution is 2.43. The van der Waals surface area contributed by atoms with E-state index in [4.69, 9.17) is 9.97 Å². The number of rotatable bonds is 4. The molecule has 0 unspecified atom stereocenters. The summed E-state index contributed by atoms with van der Waals surface area (Å²) in [5.41, 5.74) is 16.1. The maximum Gasteiger partial charge on any atom is 0.115 e. The van der Waals surface area contributed by atoms with Crippen LogP contribution in [0.1, 0.15) is 39.5 Å². The van der Waals surface area contributed by atoms with Gasteiger partial charge in [0, 0.05) is 50.5 Å². The molecule has 0 aliphatic carbocycles. The molecule has 10 bridgehead atoms. The number of thiophene rings is 3. The number of hydrogen-bond donors (Lipinski definition) is 1. The van der Waals surface area contributed by atoms with Gasteiger partial charge in [0.05, 0.1) is 22.8 Å². The highest BCUT2D eigenvalue weighted by molar-refractivity contribution is 7.31. The molecular weight excluding hydrogens is 753 g/mol. The van der Waals surface area contributed by atoms with E-state index in [1.54, 1.807) is 34.8 Å². The Morgan fingerprint density at radius 3 is 0.860 bits per heavy atom. The zero-order valence-electron chi connectivity index (χ0n) is 31.6. The molecule has 0 saturated heterocycles. The van der Waals surface area contributed by atoms with Crippen LogP contribution in [0.25, 0.3) is 97.0 Å². The van der Waals surface area contributed by atoms with Crippen molar-refractivity contribution in [2.24, 2.45) is 0 Å². The summed E-state index contributed by atoms with van der Waals surface area (Å²) < 4.78 is 6.98. The van der Waals surface area contributed by atoms with E-state index in [2.05, 4.69) is 154 Å². The maximum atomic E-state index is 10.3. The normalized spacial score (nSPS) is 12.1. The van der Waals surface area contributed by atoms with Crippen molar-refractivity contribution in [1.29, 1.82) is 0 Å². The van der Waals surface area contributed by atoms with Crippen molar-refractivity contribution in [3.05, 3.63) is 173 Å². The molecule has 2 aliphatic rings. The van der Waals surface area contributed by atoms with Gasteiger partial charge in [-0.2, -0.15) is 0 Å². The van der Waals surface area contributed by atoms with Crippen molar-refractivity contribution in [3.8, 4) is 50.3 Å². The van der Waals surface area contributed by atoms with Gasteiger partial charge in [-0.1, -0.05) is 102 Å². The minimum Gasteiger partial charge on any atom is -0.508 e. The first-order valence-electron chi connectivity index (χ1n) is 18.9. The third-order valence-corrected chi connectivity index (χ3v) is 14.0. The zero-order valence-corrected chi connectivity index (χ0v) is 34.0. The number of fused-ring (bicyclic) bond motifs is 11. The Hall–Kier alpha value is -6.18. The summed E-state index contributed by atoms with van der Waals surface area (Å²) in [6.07, 6.45) is 8.65. The number of aromatic nitrogens is 2. The van der Waals surface area contributed by atoms with Crippen LogP contribution in [0.5, 0.6) is 5.75 Å². The fraction of sp³-hybridized carbons (Fsp3) is 0.0588. The van der Waals surface area contributed by atoms with Gasteiger partial charge < -0.3 is 5.11 Å². The zero-order chi connectivity index (χ0) is 38.6. The SMILES string of the molecule is Cc1ccc(-c2c3nc(c(-c4ccc(C)cc4)c4ccc(s4)c4ccc(s4)c(-c4ccc(C)cc4)c4nc(c(-c5ccc(O)cc5)c5ccc2s5)C=C4)C=C3)cc1. The predicted octanol–water partition coefficient (Wildman–Crippen LogP) is 15.2. The van der Waals surface area contributed by atoms with Gasteiger partial charge in [-0.25, -0.2) is 9.97 Å². The smallest absolute Gasteiger partial charge is 0.115 e. The van der Waals surface area contributed by atoms with Crippen molar-refractivity contribution in [2.45, 2.75) is 20.8 Å². The second kappa shape index (κ2) is 14.4. The summed E-state index contributed by atoms with van der Waals surface area (Å²) >= 11 is 5.36. The van der Waals surface area contributed by atoms with E-state index in [1.165, 1.54) is 35.5 Å². The molecule has 2 aliphatic heterocycles. The van der Waals surface area contributed by atoms with Gasteiger partial charge in [0.1, 0.15) is 5.75 Å². The van der Waals surface area contributed by atoms with E-state index in [-0.39, 0.29) is 5.75 Å². The number of phenolic OH excluding ortho intramolecular Hbond substituents is 1. The fourth-order valence-electron chi connectivity index (χ4n) is 7.55. The van der Waals surface area contributed by atoms with Crippen molar-refractivity contribution < 1.29 is 5.11 Å². The van der Waals surface area contributed by atoms with Gasteiger partial charge in [0.15, 0.2) is 0 Å². The standard InChI is InChI=1S/C51H36N2OS3/c1-30-4-10-33(11-5-30)48-38-20-22-40(52-38)50(35-14-8-32(3)9-15-35)46-28-29-47(57-46)51(36-16-18-37(54)19-17-36)41-23-21-39(53-41)49(34-12-6-31(2)7-13-34)45-27-25-43(56-45)42-24-26-44(48)55-42/h4-29,54H,1-3H3. The minimum atomic E-state index is 0.231. The molecule has 3 nitrogen and oxygen atoms in total. The van der Waals surface area contributed by atoms with Crippen LogP contribution in [0.3, 0.4) is 0 Å². The Morgan fingerprint density at radius 1 is 0.316 bits per heavy atom. The monoisotopic (exact) mass is 788 g/mol. The van der Waals surface area contributed by atoms with Crippen LogP contribution in [0.15, 0.2) is 133 Å². The predicted molar refractivity (Wildman–Crippen MR) is 248 cm³/mol. The Kier molecular flexibility index (Phi) is 8.90. The van der Waals surface area contributed by atoms with Crippen LogP contribution in [0.2, 0.25) is 0 Å². The largest absolute Gasteiger partial charge is 0.508 e. The first kappa shape index (κ1) is 35.2. The summed E-state index contributed by atoms with van der Waals surface area (Å²) in [4.78, 5) is 10.9. The lowest BCUT2D eigenvalue weighted by atomic mass is 10.0. The topological polar surface area (TPSA) is 46.0 Å². The lowest BCUT2D eigenvalue weighted by molar-refractivity contribution is 0.475. The Labute approximate surface area is 343 Å². The highest BCUT2D eigenvalue weighted by atomic mass is 32.1. The second-order valence-electron chi connectivity index (χ2n) is 14.6. The average molecular weight is 789 g/mol. The van der Waals surface area contributed by atoms with Crippen LogP contribution in [-0.2, 0) is 0 Å². The number of nitrogens with zero attached hydrogens (tertiary/aromatic N) is 2. The Bertz CT molecular complexity index is 2910. The molecule has 6 heteroatoms. The molecular formula is C51H36N2OS3. The van der Waals surface area contributed by atoms with Crippen LogP contribution in [-0.4, -0.2) is 15.1 Å². The van der Waals surface area contributed by atoms with Crippen molar-refractivity contribution in [1.82, 2.24) is 9.97 Å². The summed E-state index contributed by atoms with van der Waals surface area (Å²) in [5, 5.41) is 10.3. The minimum absolute atomic E-state index is 0.231. The van der Waals surface area contributed by atoms with Crippen LogP contribution >= 0.6 is 34.0 Å². The molecule has 1 N–H and O–H groups in total. The van der Waals surface area contributed by atoms with E-state index in [0.29, 0.717) is 0 Å². The van der Waals surface area contributed by atoms with Gasteiger partial charge in [0.25, 0.3) is 0 Å². The van der Waals surface area contributed by atoms with E-state index < -0.39 is 0 Å². The summed E-state index contributed by atoms with van der Waals surface area (Å²) in [5.74, 6) is 0.231. The lowest BCUT2D eigenvalue weighted by Gasteiger charge is -2.06. The molecule has 274 valence electrons. The quantitative estimate of drug-likeness (QED) is 0.193. The van der Waals surface area contributed by atoms with Crippen molar-refractivity contribution in [2.75, 3.05) is 0 Å². The van der Waals surface area contributed by atoms with Gasteiger partial charge in [-0.05, 0) is 116 Å². The molecule has 6 heterocycles. The number of hydrogen-bond acceptors (Lipinski definition) is 6. The lowest BCUT2D eigenvalue weighted by Crippen LogP contribution is -1.86. The first-order valence-corrected chi connectivity index (χ1v) is 21.4. The molecule has 4 aromatic carbocycles. The Balaban J connectivity index is 1.38. The second-order valence-corrected chi connectivity index (χ2v) is 17.8. The third-order valence-electron chi connectivity index (χ3n) is 10.5. The van der Waals surface area contributed by atoms with Gasteiger partial charge in [-0.3, -0.25) is 0 Å². The summed E-state index contributed by atoms with van der Waals surface area (Å²) in [6, 6.07) is 47.3. The van der Waals surface area contributed by atoms with Crippen LogP contribution in [0, 0.1) is 20.8 Å². The average Bonchev–Trinajstić information content (AvgIpc) is 4.08.